The van der Waals surface area contributed by atoms with E-state index in [0.29, 0.717) is 32.3 Å². The van der Waals surface area contributed by atoms with E-state index < -0.39 is 18.8 Å². The van der Waals surface area contributed by atoms with Gasteiger partial charge in [-0.15, -0.1) is 0 Å². The van der Waals surface area contributed by atoms with Crippen molar-refractivity contribution < 1.29 is 41.7 Å². The van der Waals surface area contributed by atoms with E-state index in [1.807, 2.05) is 0 Å². The second-order valence-corrected chi connectivity index (χ2v) is 5.27. The summed E-state index contributed by atoms with van der Waals surface area (Å²) in [6, 6.07) is 0. The van der Waals surface area contributed by atoms with E-state index in [1.165, 1.54) is 0 Å². The minimum atomic E-state index is -4.97. The van der Waals surface area contributed by atoms with E-state index in [0.717, 1.165) is 13.0 Å². The van der Waals surface area contributed by atoms with Crippen LogP contribution in [0.1, 0.15) is 20.3 Å². The standard InChI is InChI=1S/C15H27F3O6/c1-13(2)3-4-20-5-6-21-7-8-22-9-10-23-11-12-24-14(19)15(16,17)18/h13H,3-12H2,1-2H3. The summed E-state index contributed by atoms with van der Waals surface area (Å²) in [7, 11) is 0. The Morgan fingerprint density at radius 1 is 0.750 bits per heavy atom. The van der Waals surface area contributed by atoms with Gasteiger partial charge in [0.1, 0.15) is 6.61 Å². The van der Waals surface area contributed by atoms with Crippen LogP contribution in [0, 0.1) is 5.92 Å². The topological polar surface area (TPSA) is 63.2 Å². The molecule has 0 radical (unpaired) electrons. The molecule has 0 saturated carbocycles. The quantitative estimate of drug-likeness (QED) is 0.330. The van der Waals surface area contributed by atoms with Gasteiger partial charge in [-0.25, -0.2) is 4.79 Å². The van der Waals surface area contributed by atoms with E-state index >= 15 is 0 Å². The summed E-state index contributed by atoms with van der Waals surface area (Å²) in [6.07, 6.45) is -3.94. The summed E-state index contributed by atoms with van der Waals surface area (Å²) >= 11 is 0. The number of carbonyl (C=O) groups excluding carboxylic acids is 1. The zero-order valence-corrected chi connectivity index (χ0v) is 14.2. The lowest BCUT2D eigenvalue weighted by Gasteiger charge is -2.09. The average Bonchev–Trinajstić information content (AvgIpc) is 2.49. The number of alkyl halides is 3. The molecule has 9 heteroatoms. The summed E-state index contributed by atoms with van der Waals surface area (Å²) in [5.74, 6) is -1.59. The van der Waals surface area contributed by atoms with Gasteiger partial charge in [-0.2, -0.15) is 13.2 Å². The SMILES string of the molecule is CC(C)CCOCCOCCOCCOCCOC(=O)C(F)(F)F. The Hall–Kier alpha value is -0.900. The van der Waals surface area contributed by atoms with Gasteiger partial charge in [0.15, 0.2) is 0 Å². The molecule has 0 aromatic carbocycles. The molecular weight excluding hydrogens is 333 g/mol. The van der Waals surface area contributed by atoms with Crippen LogP contribution in [0.25, 0.3) is 0 Å². The molecule has 0 unspecified atom stereocenters. The van der Waals surface area contributed by atoms with E-state index in [9.17, 15) is 18.0 Å². The van der Waals surface area contributed by atoms with Crippen molar-refractivity contribution in [2.75, 3.05) is 59.5 Å². The highest BCUT2D eigenvalue weighted by atomic mass is 19.4. The van der Waals surface area contributed by atoms with Gasteiger partial charge in [0.25, 0.3) is 0 Å². The van der Waals surface area contributed by atoms with Crippen molar-refractivity contribution in [2.45, 2.75) is 26.4 Å². The molecule has 0 rings (SSSR count). The molecule has 0 aliphatic rings. The molecule has 0 aromatic heterocycles. The maximum Gasteiger partial charge on any atom is 0.490 e. The molecule has 6 nitrogen and oxygen atoms in total. The van der Waals surface area contributed by atoms with E-state index in [1.54, 1.807) is 0 Å². The molecule has 0 bridgehead atoms. The number of hydrogen-bond acceptors (Lipinski definition) is 6. The number of halogens is 3. The first-order valence-corrected chi connectivity index (χ1v) is 7.89. The largest absolute Gasteiger partial charge is 0.490 e. The van der Waals surface area contributed by atoms with Crippen molar-refractivity contribution in [3.05, 3.63) is 0 Å². The summed E-state index contributed by atoms with van der Waals surface area (Å²) in [4.78, 5) is 10.4. The summed E-state index contributed by atoms with van der Waals surface area (Å²) in [5.41, 5.74) is 0. The molecule has 24 heavy (non-hydrogen) atoms. The minimum absolute atomic E-state index is 0.116. The Kier molecular flexibility index (Phi) is 13.9. The van der Waals surface area contributed by atoms with Gasteiger partial charge in [-0.3, -0.25) is 0 Å². The van der Waals surface area contributed by atoms with Crippen molar-refractivity contribution in [2.24, 2.45) is 5.92 Å². The van der Waals surface area contributed by atoms with Crippen LogP contribution in [0.3, 0.4) is 0 Å². The Labute approximate surface area is 140 Å². The molecule has 0 amide bonds. The summed E-state index contributed by atoms with van der Waals surface area (Å²) in [5, 5.41) is 0. The zero-order chi connectivity index (χ0) is 18.3. The van der Waals surface area contributed by atoms with Crippen molar-refractivity contribution in [1.29, 1.82) is 0 Å². The Bertz CT molecular complexity index is 310. The van der Waals surface area contributed by atoms with Crippen LogP contribution in [0.4, 0.5) is 13.2 Å². The molecule has 0 aromatic rings. The number of hydrogen-bond donors (Lipinski definition) is 0. The number of esters is 1. The predicted molar refractivity (Wildman–Crippen MR) is 79.7 cm³/mol. The highest BCUT2D eigenvalue weighted by Gasteiger charge is 2.40. The molecule has 0 atom stereocenters. The van der Waals surface area contributed by atoms with Crippen LogP contribution in [-0.4, -0.2) is 71.6 Å². The first-order chi connectivity index (χ1) is 11.3. The number of carbonyl (C=O) groups is 1. The normalized spacial score (nSPS) is 11.9. The molecule has 144 valence electrons. The van der Waals surface area contributed by atoms with Crippen LogP contribution in [0.5, 0.6) is 0 Å². The highest BCUT2D eigenvalue weighted by Crippen LogP contribution is 2.16. The lowest BCUT2D eigenvalue weighted by atomic mass is 10.1. The van der Waals surface area contributed by atoms with Gasteiger partial charge >= 0.3 is 12.1 Å². The van der Waals surface area contributed by atoms with Gasteiger partial charge in [0, 0.05) is 6.61 Å². The van der Waals surface area contributed by atoms with Crippen molar-refractivity contribution in [3.8, 4) is 0 Å². The van der Waals surface area contributed by atoms with Crippen molar-refractivity contribution in [3.63, 3.8) is 0 Å². The Morgan fingerprint density at radius 3 is 1.50 bits per heavy atom. The fourth-order valence-corrected chi connectivity index (χ4v) is 1.36. The average molecular weight is 360 g/mol. The van der Waals surface area contributed by atoms with E-state index in [-0.39, 0.29) is 19.8 Å². The van der Waals surface area contributed by atoms with Crippen LogP contribution in [0.2, 0.25) is 0 Å². The highest BCUT2D eigenvalue weighted by molar-refractivity contribution is 5.75. The molecule has 0 fully saturated rings. The maximum atomic E-state index is 11.8. The molecule has 0 N–H and O–H groups in total. The lowest BCUT2D eigenvalue weighted by molar-refractivity contribution is -0.200. The van der Waals surface area contributed by atoms with Crippen molar-refractivity contribution in [1.82, 2.24) is 0 Å². The van der Waals surface area contributed by atoms with Crippen LogP contribution < -0.4 is 0 Å². The van der Waals surface area contributed by atoms with Crippen LogP contribution >= 0.6 is 0 Å². The van der Waals surface area contributed by atoms with E-state index in [4.69, 9.17) is 18.9 Å². The van der Waals surface area contributed by atoms with Crippen molar-refractivity contribution >= 4 is 5.97 Å². The zero-order valence-electron chi connectivity index (χ0n) is 14.2. The van der Waals surface area contributed by atoms with E-state index in [2.05, 4.69) is 18.6 Å². The number of rotatable bonds is 15. The van der Waals surface area contributed by atoms with Crippen LogP contribution in [0.15, 0.2) is 0 Å². The maximum absolute atomic E-state index is 11.8. The lowest BCUT2D eigenvalue weighted by Crippen LogP contribution is -2.26. The third kappa shape index (κ3) is 16.0. The Balaban J connectivity index is 3.14. The monoisotopic (exact) mass is 360 g/mol. The fourth-order valence-electron chi connectivity index (χ4n) is 1.36. The first-order valence-electron chi connectivity index (χ1n) is 7.89. The molecule has 0 spiro atoms. The molecule has 0 aliphatic heterocycles. The number of ether oxygens (including phenoxy) is 5. The second kappa shape index (κ2) is 14.4. The molecule has 0 saturated heterocycles. The fraction of sp³-hybridized carbons (Fsp3) is 0.933. The van der Waals surface area contributed by atoms with Gasteiger partial charge in [0.05, 0.1) is 46.2 Å². The third-order valence-electron chi connectivity index (χ3n) is 2.65. The second-order valence-electron chi connectivity index (χ2n) is 5.27. The molecule has 0 aliphatic carbocycles. The summed E-state index contributed by atoms with van der Waals surface area (Å²) < 4.78 is 60.1. The minimum Gasteiger partial charge on any atom is -0.457 e. The van der Waals surface area contributed by atoms with Crippen LogP contribution in [-0.2, 0) is 28.5 Å². The predicted octanol–water partition coefficient (Wildman–Crippen LogP) is 2.20. The third-order valence-corrected chi connectivity index (χ3v) is 2.65. The van der Waals surface area contributed by atoms with Gasteiger partial charge in [-0.05, 0) is 12.3 Å². The van der Waals surface area contributed by atoms with Gasteiger partial charge in [-0.1, -0.05) is 13.8 Å². The summed E-state index contributed by atoms with van der Waals surface area (Å²) in [6.45, 7) is 6.78. The first kappa shape index (κ1) is 23.1. The van der Waals surface area contributed by atoms with Gasteiger partial charge in [0.2, 0.25) is 0 Å². The molecular formula is C15H27F3O6. The van der Waals surface area contributed by atoms with Gasteiger partial charge < -0.3 is 23.7 Å². The Morgan fingerprint density at radius 2 is 1.12 bits per heavy atom. The molecule has 0 heterocycles. The smallest absolute Gasteiger partial charge is 0.457 e.